The van der Waals surface area contributed by atoms with Gasteiger partial charge in [-0.25, -0.2) is 0 Å². The number of fused-ring (bicyclic) bond motifs is 1. The van der Waals surface area contributed by atoms with Gasteiger partial charge in [0.1, 0.15) is 11.6 Å². The molecular formula is C20H18N4O3. The summed E-state index contributed by atoms with van der Waals surface area (Å²) >= 11 is 0. The lowest BCUT2D eigenvalue weighted by molar-refractivity contribution is 0.0905. The zero-order valence-electron chi connectivity index (χ0n) is 15.2. The summed E-state index contributed by atoms with van der Waals surface area (Å²) in [6, 6.07) is 8.95. The van der Waals surface area contributed by atoms with Crippen LogP contribution in [0.2, 0.25) is 0 Å². The lowest BCUT2D eigenvalue weighted by Gasteiger charge is -2.08. The quantitative estimate of drug-likeness (QED) is 0.590. The maximum Gasteiger partial charge on any atom is 0.287 e. The first-order chi connectivity index (χ1) is 13.0. The van der Waals surface area contributed by atoms with Gasteiger partial charge in [0, 0.05) is 28.9 Å². The van der Waals surface area contributed by atoms with Crippen LogP contribution in [0.25, 0.3) is 22.4 Å². The van der Waals surface area contributed by atoms with Gasteiger partial charge in [0.15, 0.2) is 5.76 Å². The molecule has 3 heterocycles. The third-order valence-corrected chi connectivity index (χ3v) is 4.40. The summed E-state index contributed by atoms with van der Waals surface area (Å²) in [5, 5.41) is 7.75. The second kappa shape index (κ2) is 6.68. The lowest BCUT2D eigenvalue weighted by Crippen LogP contribution is -2.27. The lowest BCUT2D eigenvalue weighted by atomic mass is 10.1. The van der Waals surface area contributed by atoms with Crippen molar-refractivity contribution in [2.75, 3.05) is 0 Å². The highest BCUT2D eigenvalue weighted by molar-refractivity contribution is 5.99. The maximum atomic E-state index is 12.7. The molecule has 0 aliphatic heterocycles. The van der Waals surface area contributed by atoms with E-state index in [0.717, 1.165) is 22.1 Å². The fourth-order valence-corrected chi connectivity index (χ4v) is 2.90. The van der Waals surface area contributed by atoms with Gasteiger partial charge >= 0.3 is 0 Å². The summed E-state index contributed by atoms with van der Waals surface area (Å²) in [4.78, 5) is 21.0. The number of carbonyl (C=O) groups is 1. The minimum atomic E-state index is -0.463. The van der Waals surface area contributed by atoms with E-state index in [0.29, 0.717) is 17.3 Å². The molecule has 0 aliphatic rings. The van der Waals surface area contributed by atoms with Gasteiger partial charge in [-0.1, -0.05) is 16.8 Å². The highest BCUT2D eigenvalue weighted by atomic mass is 16.5. The number of furan rings is 1. The molecule has 4 aromatic rings. The first-order valence-corrected chi connectivity index (χ1v) is 8.57. The van der Waals surface area contributed by atoms with E-state index in [4.69, 9.17) is 8.94 Å². The topological polar surface area (TPSA) is 94.1 Å². The fourth-order valence-electron chi connectivity index (χ4n) is 2.90. The zero-order valence-corrected chi connectivity index (χ0v) is 15.2. The van der Waals surface area contributed by atoms with Crippen molar-refractivity contribution < 1.29 is 13.7 Å². The van der Waals surface area contributed by atoms with E-state index >= 15 is 0 Å². The zero-order chi connectivity index (χ0) is 19.0. The van der Waals surface area contributed by atoms with Crippen LogP contribution in [0.3, 0.4) is 0 Å². The minimum absolute atomic E-state index is 0.288. The normalized spacial score (nSPS) is 12.3. The van der Waals surface area contributed by atoms with Crippen LogP contribution in [-0.4, -0.2) is 21.0 Å². The number of aromatic nitrogens is 3. The summed E-state index contributed by atoms with van der Waals surface area (Å²) in [6.07, 6.45) is 3.31. The minimum Gasteiger partial charge on any atom is -0.451 e. The van der Waals surface area contributed by atoms with Crippen molar-refractivity contribution in [3.8, 4) is 11.4 Å². The van der Waals surface area contributed by atoms with E-state index in [-0.39, 0.29) is 11.7 Å². The Hall–Kier alpha value is -3.48. The summed E-state index contributed by atoms with van der Waals surface area (Å²) in [5.74, 6) is 0.734. The summed E-state index contributed by atoms with van der Waals surface area (Å²) in [5.41, 5.74) is 3.40. The number of aryl methyl sites for hydroxylation is 2. The van der Waals surface area contributed by atoms with Crippen molar-refractivity contribution >= 4 is 16.9 Å². The highest BCUT2D eigenvalue weighted by Crippen LogP contribution is 2.27. The van der Waals surface area contributed by atoms with Crippen molar-refractivity contribution in [2.45, 2.75) is 26.8 Å². The smallest absolute Gasteiger partial charge is 0.287 e. The molecule has 4 rings (SSSR count). The molecule has 3 aromatic heterocycles. The molecule has 0 fully saturated rings. The number of nitrogens with zero attached hydrogens (tertiary/aromatic N) is 3. The Bertz CT molecular complexity index is 1110. The standard InChI is InChI=1S/C20H18N4O3/c1-11-4-5-16-15(10-11)12(2)17(26-16)19(25)22-13(3)20-23-18(24-27-20)14-6-8-21-9-7-14/h4-10,13H,1-3H3,(H,22,25)/t13-/m0/s1. The Morgan fingerprint density at radius 3 is 2.70 bits per heavy atom. The van der Waals surface area contributed by atoms with Crippen LogP contribution in [0.5, 0.6) is 0 Å². The van der Waals surface area contributed by atoms with E-state index in [9.17, 15) is 4.79 Å². The number of carbonyl (C=O) groups excluding carboxylic acids is 1. The first kappa shape index (κ1) is 17.0. The molecule has 1 atom stereocenters. The largest absolute Gasteiger partial charge is 0.451 e. The number of benzene rings is 1. The third kappa shape index (κ3) is 3.19. The van der Waals surface area contributed by atoms with Gasteiger partial charge in [0.05, 0.1) is 0 Å². The molecule has 27 heavy (non-hydrogen) atoms. The number of rotatable bonds is 4. The molecule has 1 amide bonds. The van der Waals surface area contributed by atoms with Crippen molar-refractivity contribution in [1.82, 2.24) is 20.4 Å². The molecule has 7 heteroatoms. The van der Waals surface area contributed by atoms with Crippen LogP contribution in [-0.2, 0) is 0 Å². The molecule has 0 saturated carbocycles. The summed E-state index contributed by atoms with van der Waals surface area (Å²) in [6.45, 7) is 5.66. The van der Waals surface area contributed by atoms with Gasteiger partial charge in [0.2, 0.25) is 11.7 Å². The Morgan fingerprint density at radius 1 is 1.15 bits per heavy atom. The predicted molar refractivity (Wildman–Crippen MR) is 99.1 cm³/mol. The predicted octanol–water partition coefficient (Wildman–Crippen LogP) is 3.99. The Balaban J connectivity index is 1.55. The molecule has 0 saturated heterocycles. The maximum absolute atomic E-state index is 12.7. The van der Waals surface area contributed by atoms with E-state index in [2.05, 4.69) is 20.4 Å². The number of nitrogens with one attached hydrogen (secondary N) is 1. The molecular weight excluding hydrogens is 344 g/mol. The SMILES string of the molecule is Cc1ccc2oc(C(=O)N[C@@H](C)c3nc(-c4ccncc4)no3)c(C)c2c1. The Labute approximate surface area is 155 Å². The van der Waals surface area contributed by atoms with E-state index in [1.54, 1.807) is 31.5 Å². The van der Waals surface area contributed by atoms with Gasteiger partial charge in [-0.2, -0.15) is 4.98 Å². The van der Waals surface area contributed by atoms with Crippen molar-refractivity contribution in [3.05, 3.63) is 65.5 Å². The van der Waals surface area contributed by atoms with Crippen molar-refractivity contribution in [1.29, 1.82) is 0 Å². The molecule has 1 N–H and O–H groups in total. The second-order valence-electron chi connectivity index (χ2n) is 6.44. The first-order valence-electron chi connectivity index (χ1n) is 8.57. The van der Waals surface area contributed by atoms with Crippen LogP contribution >= 0.6 is 0 Å². The molecule has 1 aromatic carbocycles. The fraction of sp³-hybridized carbons (Fsp3) is 0.200. The third-order valence-electron chi connectivity index (χ3n) is 4.40. The van der Waals surface area contributed by atoms with Gasteiger partial charge in [-0.05, 0) is 45.0 Å². The van der Waals surface area contributed by atoms with Crippen LogP contribution < -0.4 is 5.32 Å². The van der Waals surface area contributed by atoms with E-state index in [1.165, 1.54) is 0 Å². The second-order valence-corrected chi connectivity index (χ2v) is 6.44. The monoisotopic (exact) mass is 362 g/mol. The molecule has 0 bridgehead atoms. The van der Waals surface area contributed by atoms with Gasteiger partial charge < -0.3 is 14.3 Å². The number of hydrogen-bond donors (Lipinski definition) is 1. The summed E-state index contributed by atoms with van der Waals surface area (Å²) in [7, 11) is 0. The Kier molecular flexibility index (Phi) is 4.19. The molecule has 0 aliphatic carbocycles. The van der Waals surface area contributed by atoms with E-state index < -0.39 is 6.04 Å². The average Bonchev–Trinajstić information content (AvgIpc) is 3.28. The van der Waals surface area contributed by atoms with E-state index in [1.807, 2.05) is 32.0 Å². The van der Waals surface area contributed by atoms with Crippen LogP contribution in [0.15, 0.2) is 51.7 Å². The molecule has 7 nitrogen and oxygen atoms in total. The number of pyridine rings is 1. The molecule has 0 radical (unpaired) electrons. The number of hydrogen-bond acceptors (Lipinski definition) is 6. The average molecular weight is 362 g/mol. The molecule has 0 spiro atoms. The molecule has 136 valence electrons. The van der Waals surface area contributed by atoms with Crippen molar-refractivity contribution in [2.24, 2.45) is 0 Å². The molecule has 0 unspecified atom stereocenters. The van der Waals surface area contributed by atoms with Gasteiger partial charge in [-0.3, -0.25) is 9.78 Å². The van der Waals surface area contributed by atoms with Gasteiger partial charge in [0.25, 0.3) is 5.91 Å². The summed E-state index contributed by atoms with van der Waals surface area (Å²) < 4.78 is 11.0. The van der Waals surface area contributed by atoms with Gasteiger partial charge in [-0.15, -0.1) is 0 Å². The van der Waals surface area contributed by atoms with Crippen LogP contribution in [0.1, 0.15) is 40.5 Å². The van der Waals surface area contributed by atoms with Crippen molar-refractivity contribution in [3.63, 3.8) is 0 Å². The highest BCUT2D eigenvalue weighted by Gasteiger charge is 2.22. The Morgan fingerprint density at radius 2 is 1.93 bits per heavy atom. The van der Waals surface area contributed by atoms with Crippen LogP contribution in [0, 0.1) is 13.8 Å². The van der Waals surface area contributed by atoms with Crippen LogP contribution in [0.4, 0.5) is 0 Å². The number of amides is 1.